The molecule has 0 spiro atoms. The van der Waals surface area contributed by atoms with Crippen LogP contribution in [0.2, 0.25) is 0 Å². The van der Waals surface area contributed by atoms with Crippen molar-refractivity contribution in [3.8, 4) is 0 Å². The van der Waals surface area contributed by atoms with Crippen LogP contribution in [0.3, 0.4) is 0 Å². The van der Waals surface area contributed by atoms with Crippen LogP contribution in [0.4, 0.5) is 0 Å². The van der Waals surface area contributed by atoms with Gasteiger partial charge in [-0.2, -0.15) is 5.10 Å². The molecule has 1 aliphatic carbocycles. The van der Waals surface area contributed by atoms with Gasteiger partial charge in [-0.25, -0.2) is 5.06 Å². The van der Waals surface area contributed by atoms with Gasteiger partial charge in [0.15, 0.2) is 5.69 Å². The van der Waals surface area contributed by atoms with Gasteiger partial charge in [0.05, 0.1) is 5.69 Å². The standard InChI is InChI=1S/C12H18N4O2/c1-14(18)12(17)11-7-10-8-15(9-3-4-9)5-2-6-16(10)13-11/h7,9,18H,2-6,8H2,1H3. The first-order chi connectivity index (χ1) is 8.65. The van der Waals surface area contributed by atoms with Crippen LogP contribution in [0.15, 0.2) is 6.07 Å². The minimum Gasteiger partial charge on any atom is -0.295 e. The number of carbonyl (C=O) groups excluding carboxylic acids is 1. The Morgan fingerprint density at radius 1 is 1.50 bits per heavy atom. The van der Waals surface area contributed by atoms with Crippen LogP contribution in [0, 0.1) is 0 Å². The fourth-order valence-corrected chi connectivity index (χ4v) is 2.51. The first kappa shape index (κ1) is 11.7. The molecule has 1 fully saturated rings. The van der Waals surface area contributed by atoms with Crippen molar-refractivity contribution in [2.45, 2.75) is 38.4 Å². The maximum atomic E-state index is 11.7. The maximum Gasteiger partial charge on any atom is 0.297 e. The SMILES string of the molecule is CN(O)C(=O)c1cc2n(n1)CCCN(C1CC1)C2. The average molecular weight is 250 g/mol. The Kier molecular flexibility index (Phi) is 2.83. The van der Waals surface area contributed by atoms with Crippen molar-refractivity contribution in [1.29, 1.82) is 0 Å². The second-order valence-corrected chi connectivity index (χ2v) is 5.13. The van der Waals surface area contributed by atoms with Gasteiger partial charge < -0.3 is 0 Å². The van der Waals surface area contributed by atoms with E-state index in [0.717, 1.165) is 37.8 Å². The Morgan fingerprint density at radius 3 is 2.94 bits per heavy atom. The number of fused-ring (bicyclic) bond motifs is 1. The topological polar surface area (TPSA) is 61.6 Å². The molecule has 0 aromatic carbocycles. The summed E-state index contributed by atoms with van der Waals surface area (Å²) < 4.78 is 1.90. The van der Waals surface area contributed by atoms with Crippen molar-refractivity contribution >= 4 is 5.91 Å². The van der Waals surface area contributed by atoms with Gasteiger partial charge in [0.1, 0.15) is 0 Å². The second-order valence-electron chi connectivity index (χ2n) is 5.13. The summed E-state index contributed by atoms with van der Waals surface area (Å²) in [5.74, 6) is -0.450. The zero-order chi connectivity index (χ0) is 12.7. The third-order valence-corrected chi connectivity index (χ3v) is 3.62. The lowest BCUT2D eigenvalue weighted by atomic mass is 10.3. The summed E-state index contributed by atoms with van der Waals surface area (Å²) in [5, 5.41) is 14.0. The van der Waals surface area contributed by atoms with Crippen molar-refractivity contribution in [2.24, 2.45) is 0 Å². The van der Waals surface area contributed by atoms with Gasteiger partial charge in [0.25, 0.3) is 5.91 Å². The summed E-state index contributed by atoms with van der Waals surface area (Å²) >= 11 is 0. The Labute approximate surface area is 106 Å². The van der Waals surface area contributed by atoms with E-state index in [0.29, 0.717) is 10.8 Å². The number of hydrogen-bond donors (Lipinski definition) is 1. The van der Waals surface area contributed by atoms with E-state index in [1.54, 1.807) is 6.07 Å². The van der Waals surface area contributed by atoms with E-state index in [1.807, 2.05) is 4.68 Å². The number of hydroxylamine groups is 2. The third kappa shape index (κ3) is 2.13. The number of hydrogen-bond acceptors (Lipinski definition) is 4. The summed E-state index contributed by atoms with van der Waals surface area (Å²) in [6.45, 7) is 2.82. The van der Waals surface area contributed by atoms with E-state index in [4.69, 9.17) is 5.21 Å². The van der Waals surface area contributed by atoms with E-state index in [1.165, 1.54) is 19.9 Å². The summed E-state index contributed by atoms with van der Waals surface area (Å²) in [5.41, 5.74) is 1.40. The molecular formula is C12H18N4O2. The normalized spacial score (nSPS) is 20.3. The predicted octanol–water partition coefficient (Wildman–Crippen LogP) is 0.712. The van der Waals surface area contributed by atoms with Gasteiger partial charge in [0.2, 0.25) is 0 Å². The first-order valence-electron chi connectivity index (χ1n) is 6.43. The molecular weight excluding hydrogens is 232 g/mol. The van der Waals surface area contributed by atoms with Crippen LogP contribution < -0.4 is 0 Å². The molecule has 0 saturated heterocycles. The molecule has 2 aliphatic rings. The van der Waals surface area contributed by atoms with E-state index in [9.17, 15) is 4.79 Å². The molecule has 1 aliphatic heterocycles. The second kappa shape index (κ2) is 4.37. The molecule has 1 aromatic rings. The van der Waals surface area contributed by atoms with Crippen LogP contribution >= 0.6 is 0 Å². The molecule has 0 atom stereocenters. The van der Waals surface area contributed by atoms with Crippen LogP contribution in [0.1, 0.15) is 35.4 Å². The fourth-order valence-electron chi connectivity index (χ4n) is 2.51. The molecule has 6 nitrogen and oxygen atoms in total. The van der Waals surface area contributed by atoms with Crippen molar-refractivity contribution in [3.05, 3.63) is 17.5 Å². The highest BCUT2D eigenvalue weighted by Gasteiger charge is 2.31. The zero-order valence-corrected chi connectivity index (χ0v) is 10.5. The lowest BCUT2D eigenvalue weighted by Crippen LogP contribution is -2.25. The molecule has 1 amide bonds. The predicted molar refractivity (Wildman–Crippen MR) is 64.2 cm³/mol. The molecule has 2 heterocycles. The van der Waals surface area contributed by atoms with E-state index >= 15 is 0 Å². The highest BCUT2D eigenvalue weighted by atomic mass is 16.5. The number of aryl methyl sites for hydroxylation is 1. The molecule has 1 N–H and O–H groups in total. The fraction of sp³-hybridized carbons (Fsp3) is 0.667. The van der Waals surface area contributed by atoms with Crippen LogP contribution in [0.25, 0.3) is 0 Å². The summed E-state index contributed by atoms with van der Waals surface area (Å²) in [4.78, 5) is 14.1. The smallest absolute Gasteiger partial charge is 0.295 e. The zero-order valence-electron chi connectivity index (χ0n) is 10.5. The van der Waals surface area contributed by atoms with Crippen molar-refractivity contribution in [3.63, 3.8) is 0 Å². The summed E-state index contributed by atoms with van der Waals surface area (Å²) in [6.07, 6.45) is 3.65. The molecule has 98 valence electrons. The number of carbonyl (C=O) groups is 1. The Hall–Kier alpha value is -1.40. The molecule has 1 aromatic heterocycles. The third-order valence-electron chi connectivity index (χ3n) is 3.62. The molecule has 1 saturated carbocycles. The summed E-state index contributed by atoms with van der Waals surface area (Å²) in [6, 6.07) is 2.53. The van der Waals surface area contributed by atoms with Gasteiger partial charge >= 0.3 is 0 Å². The molecule has 18 heavy (non-hydrogen) atoms. The Bertz CT molecular complexity index is 465. The number of rotatable bonds is 2. The van der Waals surface area contributed by atoms with Gasteiger partial charge in [-0.15, -0.1) is 0 Å². The quantitative estimate of drug-likeness (QED) is 0.620. The molecule has 0 radical (unpaired) electrons. The molecule has 6 heteroatoms. The maximum absolute atomic E-state index is 11.7. The van der Waals surface area contributed by atoms with Crippen LogP contribution in [-0.4, -0.2) is 50.5 Å². The van der Waals surface area contributed by atoms with E-state index < -0.39 is 5.91 Å². The van der Waals surface area contributed by atoms with Gasteiger partial charge in [-0.05, 0) is 25.3 Å². The number of aromatic nitrogens is 2. The van der Waals surface area contributed by atoms with Gasteiger partial charge in [-0.1, -0.05) is 0 Å². The number of nitrogens with zero attached hydrogens (tertiary/aromatic N) is 4. The molecule has 3 rings (SSSR count). The largest absolute Gasteiger partial charge is 0.297 e. The van der Waals surface area contributed by atoms with Gasteiger partial charge in [-0.3, -0.25) is 19.6 Å². The Morgan fingerprint density at radius 2 is 2.28 bits per heavy atom. The minimum absolute atomic E-state index is 0.327. The van der Waals surface area contributed by atoms with Crippen LogP contribution in [0.5, 0.6) is 0 Å². The lowest BCUT2D eigenvalue weighted by Gasteiger charge is -2.18. The van der Waals surface area contributed by atoms with Gasteiger partial charge in [0, 0.05) is 32.7 Å². The lowest BCUT2D eigenvalue weighted by molar-refractivity contribution is -0.0380. The minimum atomic E-state index is -0.450. The average Bonchev–Trinajstić information content (AvgIpc) is 3.13. The molecule has 0 bridgehead atoms. The van der Waals surface area contributed by atoms with E-state index in [2.05, 4.69) is 10.00 Å². The Balaban J connectivity index is 1.83. The summed E-state index contributed by atoms with van der Waals surface area (Å²) in [7, 11) is 1.32. The van der Waals surface area contributed by atoms with Crippen molar-refractivity contribution < 1.29 is 10.0 Å². The number of amides is 1. The van der Waals surface area contributed by atoms with E-state index in [-0.39, 0.29) is 0 Å². The highest BCUT2D eigenvalue weighted by Crippen LogP contribution is 2.29. The molecule has 0 unspecified atom stereocenters. The van der Waals surface area contributed by atoms with Crippen molar-refractivity contribution in [2.75, 3.05) is 13.6 Å². The highest BCUT2D eigenvalue weighted by molar-refractivity contribution is 5.91. The first-order valence-corrected chi connectivity index (χ1v) is 6.43. The van der Waals surface area contributed by atoms with Crippen molar-refractivity contribution in [1.82, 2.24) is 19.7 Å². The monoisotopic (exact) mass is 250 g/mol. The van der Waals surface area contributed by atoms with Crippen LogP contribution in [-0.2, 0) is 13.1 Å².